The largest absolute Gasteiger partial charge is 0.457 e. The molecule has 11 aromatic carbocycles. The van der Waals surface area contributed by atoms with Crippen molar-refractivity contribution < 1.29 is 4.74 Å². The molecular formula is C86H74N4O. The quantitative estimate of drug-likeness (QED) is 0.152. The predicted molar refractivity (Wildman–Crippen MR) is 380 cm³/mol. The first kappa shape index (κ1) is 56.0. The number of pyridine rings is 1. The van der Waals surface area contributed by atoms with E-state index in [2.05, 4.69) is 331 Å². The van der Waals surface area contributed by atoms with Crippen molar-refractivity contribution >= 4 is 44.6 Å². The summed E-state index contributed by atoms with van der Waals surface area (Å²) in [5.74, 6) is 2.36. The minimum Gasteiger partial charge on any atom is -0.457 e. The number of benzene rings is 11. The van der Waals surface area contributed by atoms with E-state index in [1.54, 1.807) is 0 Å². The highest BCUT2D eigenvalue weighted by Gasteiger charge is 2.50. The molecule has 0 saturated heterocycles. The van der Waals surface area contributed by atoms with E-state index in [9.17, 15) is 0 Å². The van der Waals surface area contributed by atoms with Crippen molar-refractivity contribution in [3.05, 3.63) is 311 Å². The van der Waals surface area contributed by atoms with Gasteiger partial charge in [0.2, 0.25) is 0 Å². The Morgan fingerprint density at radius 2 is 0.945 bits per heavy atom. The summed E-state index contributed by atoms with van der Waals surface area (Å²) >= 11 is 0. The van der Waals surface area contributed by atoms with Crippen molar-refractivity contribution in [2.24, 2.45) is 0 Å². The van der Waals surface area contributed by atoms with Gasteiger partial charge in [0.25, 0.3) is 0 Å². The van der Waals surface area contributed by atoms with Gasteiger partial charge in [-0.15, -0.1) is 0 Å². The zero-order valence-corrected chi connectivity index (χ0v) is 53.4. The van der Waals surface area contributed by atoms with Gasteiger partial charge in [-0.2, -0.15) is 0 Å². The summed E-state index contributed by atoms with van der Waals surface area (Å²) < 4.78 is 9.25. The lowest BCUT2D eigenvalue weighted by atomic mass is 9.61. The Balaban J connectivity index is 0.805. The van der Waals surface area contributed by atoms with E-state index in [0.29, 0.717) is 6.67 Å². The van der Waals surface area contributed by atoms with Crippen molar-refractivity contribution in [1.29, 1.82) is 0 Å². The highest BCUT2D eigenvalue weighted by Crippen LogP contribution is 2.61. The molecule has 13 aromatic rings. The molecule has 444 valence electrons. The van der Waals surface area contributed by atoms with Gasteiger partial charge in [-0.3, -0.25) is 4.57 Å². The van der Waals surface area contributed by atoms with Crippen LogP contribution in [0.15, 0.2) is 261 Å². The standard InChI is InChI=1S/C86H74N4O/c1-83(2,3)61-26-20-25-55(46-61)59-40-44-81(87-53-59)90-77-36-17-13-30-70(77)71-42-41-66(52-80(71)90)91-65-28-21-27-64(51-65)88-54-89(79-38-19-18-37-78(79)88)82-67(31-22-32-68(82)60-47-62(84(4,5)6)50-63(48-60)85(7,8)9)56-39-43-76-72(49-56)69-29-12-16-35-75(69)86(76)73-33-14-10-23-57(73)45-58-24-11-15-34-74(58)86/h10-44,46-53H,45,54H2,1-9H3. The van der Waals surface area contributed by atoms with Gasteiger partial charge in [0, 0.05) is 51.5 Å². The van der Waals surface area contributed by atoms with E-state index in [1.807, 2.05) is 6.20 Å². The number of rotatable bonds is 8. The molecule has 0 saturated carbocycles. The van der Waals surface area contributed by atoms with Crippen molar-refractivity contribution in [1.82, 2.24) is 9.55 Å². The second-order valence-electron chi connectivity index (χ2n) is 28.4. The van der Waals surface area contributed by atoms with Gasteiger partial charge in [0.1, 0.15) is 24.0 Å². The molecule has 91 heavy (non-hydrogen) atoms. The Morgan fingerprint density at radius 1 is 0.374 bits per heavy atom. The second kappa shape index (κ2) is 20.9. The van der Waals surface area contributed by atoms with Gasteiger partial charge in [-0.25, -0.2) is 4.98 Å². The van der Waals surface area contributed by atoms with Crippen LogP contribution >= 0.6 is 0 Å². The van der Waals surface area contributed by atoms with Crippen LogP contribution in [0.3, 0.4) is 0 Å². The average molecular weight is 1180 g/mol. The van der Waals surface area contributed by atoms with E-state index in [4.69, 9.17) is 9.72 Å². The lowest BCUT2D eigenvalue weighted by Crippen LogP contribution is -2.34. The monoisotopic (exact) mass is 1180 g/mol. The molecule has 1 spiro atoms. The molecule has 0 amide bonds. The van der Waals surface area contributed by atoms with Crippen LogP contribution in [0.25, 0.3) is 72.1 Å². The third-order valence-corrected chi connectivity index (χ3v) is 19.7. The summed E-state index contributed by atoms with van der Waals surface area (Å²) in [4.78, 5) is 10.2. The van der Waals surface area contributed by atoms with E-state index in [1.165, 1.54) is 94.5 Å². The molecule has 2 aromatic heterocycles. The van der Waals surface area contributed by atoms with Crippen molar-refractivity contribution in [2.45, 2.75) is 90.4 Å². The van der Waals surface area contributed by atoms with Crippen LogP contribution in [-0.4, -0.2) is 16.2 Å². The zero-order chi connectivity index (χ0) is 62.1. The molecule has 1 aliphatic heterocycles. The van der Waals surface area contributed by atoms with Gasteiger partial charge in [0.05, 0.1) is 33.5 Å². The van der Waals surface area contributed by atoms with E-state index in [-0.39, 0.29) is 16.2 Å². The molecule has 3 heterocycles. The first-order valence-electron chi connectivity index (χ1n) is 32.2. The van der Waals surface area contributed by atoms with Gasteiger partial charge in [-0.1, -0.05) is 244 Å². The molecule has 0 unspecified atom stereocenters. The molecule has 5 nitrogen and oxygen atoms in total. The summed E-state index contributed by atoms with van der Waals surface area (Å²) in [5.41, 5.74) is 27.8. The van der Waals surface area contributed by atoms with E-state index < -0.39 is 5.41 Å². The van der Waals surface area contributed by atoms with Crippen LogP contribution < -0.4 is 14.5 Å². The molecule has 0 bridgehead atoms. The van der Waals surface area contributed by atoms with E-state index in [0.717, 1.165) is 68.3 Å². The number of fused-ring (bicyclic) bond motifs is 13. The first-order valence-corrected chi connectivity index (χ1v) is 32.2. The molecule has 5 heteroatoms. The number of para-hydroxylation sites is 4. The fourth-order valence-electron chi connectivity index (χ4n) is 15.0. The predicted octanol–water partition coefficient (Wildman–Crippen LogP) is 22.4. The fraction of sp³-hybridized carbons (Fsp3) is 0.174. The molecule has 16 rings (SSSR count). The SMILES string of the molecule is CC(C)(C)c1cccc(-c2ccc(-n3c4ccccc4c4ccc(Oc5cccc(N6CN(c7c(-c8cc(C(C)(C)C)cc(C(C)(C)C)c8)cccc7-c7ccc8c(c7)-c7ccccc7C87c8ccccc8Cc8ccccc87)c7ccccc76)c5)cc43)nc2)c1. The minimum atomic E-state index is -0.443. The van der Waals surface area contributed by atoms with Crippen LogP contribution in [0.2, 0.25) is 0 Å². The van der Waals surface area contributed by atoms with Gasteiger partial charge < -0.3 is 14.5 Å². The lowest BCUT2D eigenvalue weighted by molar-refractivity contribution is 0.483. The Kier molecular flexibility index (Phi) is 12.9. The highest BCUT2D eigenvalue weighted by atomic mass is 16.5. The third-order valence-electron chi connectivity index (χ3n) is 19.7. The number of nitrogens with zero attached hydrogens (tertiary/aromatic N) is 4. The maximum absolute atomic E-state index is 6.99. The van der Waals surface area contributed by atoms with Crippen LogP contribution in [0.5, 0.6) is 11.5 Å². The summed E-state index contributed by atoms with van der Waals surface area (Å²) in [6, 6.07) is 95.0. The van der Waals surface area contributed by atoms with Gasteiger partial charge >= 0.3 is 0 Å². The number of anilines is 4. The van der Waals surface area contributed by atoms with Gasteiger partial charge in [0.15, 0.2) is 0 Å². The van der Waals surface area contributed by atoms with Crippen LogP contribution in [0, 0.1) is 0 Å². The Hall–Kier alpha value is -10.2. The molecule has 0 radical (unpaired) electrons. The molecule has 0 N–H and O–H groups in total. The summed E-state index contributed by atoms with van der Waals surface area (Å²) in [6.45, 7) is 21.4. The van der Waals surface area contributed by atoms with Crippen molar-refractivity contribution in [3.8, 4) is 61.8 Å². The fourth-order valence-corrected chi connectivity index (χ4v) is 15.0. The average Bonchev–Trinajstić information content (AvgIpc) is 1.56. The van der Waals surface area contributed by atoms with Crippen molar-refractivity contribution in [3.63, 3.8) is 0 Å². The van der Waals surface area contributed by atoms with Crippen LogP contribution in [-0.2, 0) is 28.1 Å². The Labute approximate surface area is 535 Å². The maximum atomic E-state index is 6.99. The number of ether oxygens (including phenoxy) is 1. The first-order chi connectivity index (χ1) is 44.0. The molecule has 0 atom stereocenters. The molecular weight excluding hydrogens is 1100 g/mol. The van der Waals surface area contributed by atoms with E-state index >= 15 is 0 Å². The van der Waals surface area contributed by atoms with Crippen LogP contribution in [0.1, 0.15) is 112 Å². The number of hydrogen-bond donors (Lipinski definition) is 0. The molecule has 0 fully saturated rings. The lowest BCUT2D eigenvalue weighted by Gasteiger charge is -2.40. The molecule has 3 aliphatic rings. The number of hydrogen-bond acceptors (Lipinski definition) is 4. The number of aromatic nitrogens is 2. The topological polar surface area (TPSA) is 33.5 Å². The smallest absolute Gasteiger partial charge is 0.137 e. The summed E-state index contributed by atoms with van der Waals surface area (Å²) in [6.07, 6.45) is 2.93. The Bertz CT molecular complexity index is 4980. The Morgan fingerprint density at radius 3 is 1.66 bits per heavy atom. The van der Waals surface area contributed by atoms with Crippen LogP contribution in [0.4, 0.5) is 22.7 Å². The van der Waals surface area contributed by atoms with Crippen molar-refractivity contribution in [2.75, 3.05) is 16.5 Å². The van der Waals surface area contributed by atoms with Gasteiger partial charge in [-0.05, 0) is 161 Å². The zero-order valence-electron chi connectivity index (χ0n) is 53.4. The second-order valence-corrected chi connectivity index (χ2v) is 28.4. The summed E-state index contributed by atoms with van der Waals surface area (Å²) in [7, 11) is 0. The minimum absolute atomic E-state index is 0.0470. The highest BCUT2D eigenvalue weighted by molar-refractivity contribution is 6.09. The maximum Gasteiger partial charge on any atom is 0.137 e. The summed E-state index contributed by atoms with van der Waals surface area (Å²) in [5, 5.41) is 2.31. The third kappa shape index (κ3) is 9.22. The molecule has 2 aliphatic carbocycles. The normalized spacial score (nSPS) is 13.9.